The molecule has 0 aliphatic carbocycles. The van der Waals surface area contributed by atoms with Crippen molar-refractivity contribution in [2.24, 2.45) is 0 Å². The molecule has 0 bridgehead atoms. The molecule has 0 aliphatic rings. The van der Waals surface area contributed by atoms with E-state index in [2.05, 4.69) is 76.2 Å². The Morgan fingerprint density at radius 1 is 0.545 bits per heavy atom. The molecule has 0 N–H and O–H groups in total. The minimum Gasteiger partial charge on any atom is -0.0616 e. The number of rotatable bonds is 0. The largest absolute Gasteiger partial charge is 0.0616 e. The molecule has 108 valence electrons. The lowest BCUT2D eigenvalue weighted by Crippen LogP contribution is -1.92. The van der Waals surface area contributed by atoms with Crippen molar-refractivity contribution < 1.29 is 0 Å². The summed E-state index contributed by atoms with van der Waals surface area (Å²) in [6.45, 7) is 8.89. The lowest BCUT2D eigenvalue weighted by atomic mass is 9.88. The van der Waals surface area contributed by atoms with Crippen molar-refractivity contribution in [3.05, 3.63) is 70.8 Å². The smallest absolute Gasteiger partial charge is 0.00668 e. The van der Waals surface area contributed by atoms with E-state index >= 15 is 0 Å². The van der Waals surface area contributed by atoms with Crippen molar-refractivity contribution in [2.75, 3.05) is 0 Å². The Hall–Kier alpha value is -2.34. The van der Waals surface area contributed by atoms with Gasteiger partial charge in [0.15, 0.2) is 0 Å². The Morgan fingerprint density at radius 3 is 2.00 bits per heavy atom. The Balaban J connectivity index is 2.44. The molecule has 22 heavy (non-hydrogen) atoms. The molecule has 0 aliphatic heterocycles. The SMILES string of the molecule is Cc1ccc2c(c1)c1ccccc1c1c(C)c(C)c(C)cc21. The van der Waals surface area contributed by atoms with Crippen LogP contribution in [0, 0.1) is 27.7 Å². The Morgan fingerprint density at radius 2 is 1.23 bits per heavy atom. The van der Waals surface area contributed by atoms with Crippen molar-refractivity contribution in [3.63, 3.8) is 0 Å². The molecule has 0 unspecified atom stereocenters. The second-order valence-corrected chi connectivity index (χ2v) is 6.46. The van der Waals surface area contributed by atoms with Gasteiger partial charge in [0.05, 0.1) is 0 Å². The molecule has 0 heterocycles. The third kappa shape index (κ3) is 1.70. The van der Waals surface area contributed by atoms with Crippen LogP contribution >= 0.6 is 0 Å². The van der Waals surface area contributed by atoms with Crippen LogP contribution in [0.15, 0.2) is 48.5 Å². The first kappa shape index (κ1) is 13.3. The average Bonchev–Trinajstić information content (AvgIpc) is 2.52. The summed E-state index contributed by atoms with van der Waals surface area (Å²) in [5.41, 5.74) is 5.51. The molecule has 4 rings (SSSR count). The first-order valence-electron chi connectivity index (χ1n) is 7.89. The maximum atomic E-state index is 2.36. The summed E-state index contributed by atoms with van der Waals surface area (Å²) in [4.78, 5) is 0. The van der Waals surface area contributed by atoms with Crippen LogP contribution < -0.4 is 0 Å². The Bertz CT molecular complexity index is 1050. The summed E-state index contributed by atoms with van der Waals surface area (Å²) in [5.74, 6) is 0. The monoisotopic (exact) mass is 284 g/mol. The normalized spacial score (nSPS) is 11.6. The van der Waals surface area contributed by atoms with Crippen LogP contribution in [-0.4, -0.2) is 0 Å². The molecule has 0 saturated heterocycles. The summed E-state index contributed by atoms with van der Waals surface area (Å²) in [7, 11) is 0. The van der Waals surface area contributed by atoms with E-state index in [4.69, 9.17) is 0 Å². The van der Waals surface area contributed by atoms with Crippen molar-refractivity contribution in [2.45, 2.75) is 27.7 Å². The predicted molar refractivity (Wildman–Crippen MR) is 97.9 cm³/mol. The van der Waals surface area contributed by atoms with E-state index in [0.29, 0.717) is 0 Å². The number of fused-ring (bicyclic) bond motifs is 6. The highest BCUT2D eigenvalue weighted by atomic mass is 14.2. The third-order valence-electron chi connectivity index (χ3n) is 5.11. The maximum Gasteiger partial charge on any atom is -0.00668 e. The lowest BCUT2D eigenvalue weighted by Gasteiger charge is -2.16. The van der Waals surface area contributed by atoms with E-state index in [1.807, 2.05) is 0 Å². The minimum absolute atomic E-state index is 1.32. The molecule has 0 nitrogen and oxygen atoms in total. The highest BCUT2D eigenvalue weighted by Crippen LogP contribution is 2.38. The van der Waals surface area contributed by atoms with Gasteiger partial charge < -0.3 is 0 Å². The van der Waals surface area contributed by atoms with Gasteiger partial charge >= 0.3 is 0 Å². The molecule has 0 fully saturated rings. The van der Waals surface area contributed by atoms with Gasteiger partial charge in [0, 0.05) is 0 Å². The highest BCUT2D eigenvalue weighted by molar-refractivity contribution is 6.26. The van der Waals surface area contributed by atoms with E-state index in [1.165, 1.54) is 54.6 Å². The number of hydrogen-bond donors (Lipinski definition) is 0. The number of hydrogen-bond acceptors (Lipinski definition) is 0. The van der Waals surface area contributed by atoms with E-state index in [1.54, 1.807) is 0 Å². The summed E-state index contributed by atoms with van der Waals surface area (Å²) in [6, 6.07) is 18.0. The van der Waals surface area contributed by atoms with Crippen LogP contribution in [0.2, 0.25) is 0 Å². The van der Waals surface area contributed by atoms with Gasteiger partial charge in [-0.15, -0.1) is 0 Å². The van der Waals surface area contributed by atoms with Gasteiger partial charge in [-0.25, -0.2) is 0 Å². The van der Waals surface area contributed by atoms with E-state index < -0.39 is 0 Å². The topological polar surface area (TPSA) is 0 Å². The molecule has 0 amide bonds. The lowest BCUT2D eigenvalue weighted by molar-refractivity contribution is 1.30. The fraction of sp³-hybridized carbons (Fsp3) is 0.182. The molecule has 0 aromatic heterocycles. The summed E-state index contributed by atoms with van der Waals surface area (Å²) in [5, 5.41) is 8.26. The molecule has 4 aromatic carbocycles. The van der Waals surface area contributed by atoms with Gasteiger partial charge in [0.1, 0.15) is 0 Å². The zero-order valence-electron chi connectivity index (χ0n) is 13.6. The van der Waals surface area contributed by atoms with Crippen LogP contribution in [0.1, 0.15) is 22.3 Å². The van der Waals surface area contributed by atoms with Gasteiger partial charge in [-0.05, 0) is 76.7 Å². The van der Waals surface area contributed by atoms with Gasteiger partial charge in [-0.2, -0.15) is 0 Å². The molecular formula is C22H20. The summed E-state index contributed by atoms with van der Waals surface area (Å²) >= 11 is 0. The standard InChI is InChI=1S/C22H20/c1-13-9-10-18-20(11-13)17-7-5-6-8-19(17)22-16(4)15(3)14(2)12-21(18)22/h5-12H,1-4H3. The molecule has 0 radical (unpaired) electrons. The van der Waals surface area contributed by atoms with E-state index in [0.717, 1.165) is 0 Å². The summed E-state index contributed by atoms with van der Waals surface area (Å²) < 4.78 is 0. The van der Waals surface area contributed by atoms with Gasteiger partial charge in [-0.1, -0.05) is 54.1 Å². The highest BCUT2D eigenvalue weighted by Gasteiger charge is 2.12. The van der Waals surface area contributed by atoms with Crippen molar-refractivity contribution in [1.29, 1.82) is 0 Å². The molecule has 4 aromatic rings. The van der Waals surface area contributed by atoms with Crippen molar-refractivity contribution in [1.82, 2.24) is 0 Å². The summed E-state index contributed by atoms with van der Waals surface area (Å²) in [6.07, 6.45) is 0. The zero-order valence-corrected chi connectivity index (χ0v) is 13.6. The predicted octanol–water partition coefficient (Wildman–Crippen LogP) is 6.38. The first-order valence-corrected chi connectivity index (χ1v) is 7.89. The fourth-order valence-corrected chi connectivity index (χ4v) is 3.69. The molecular weight excluding hydrogens is 264 g/mol. The van der Waals surface area contributed by atoms with Gasteiger partial charge in [-0.3, -0.25) is 0 Å². The minimum atomic E-state index is 1.32. The van der Waals surface area contributed by atoms with Crippen LogP contribution in [0.4, 0.5) is 0 Å². The average molecular weight is 284 g/mol. The van der Waals surface area contributed by atoms with E-state index in [-0.39, 0.29) is 0 Å². The first-order chi connectivity index (χ1) is 10.6. The quantitative estimate of drug-likeness (QED) is 0.329. The van der Waals surface area contributed by atoms with Crippen LogP contribution in [0.25, 0.3) is 32.3 Å². The third-order valence-corrected chi connectivity index (χ3v) is 5.11. The van der Waals surface area contributed by atoms with Crippen molar-refractivity contribution >= 4 is 32.3 Å². The van der Waals surface area contributed by atoms with Gasteiger partial charge in [0.25, 0.3) is 0 Å². The van der Waals surface area contributed by atoms with Crippen LogP contribution in [0.5, 0.6) is 0 Å². The zero-order chi connectivity index (χ0) is 15.4. The van der Waals surface area contributed by atoms with Crippen molar-refractivity contribution in [3.8, 4) is 0 Å². The van der Waals surface area contributed by atoms with Crippen LogP contribution in [0.3, 0.4) is 0 Å². The van der Waals surface area contributed by atoms with Crippen LogP contribution in [-0.2, 0) is 0 Å². The fourth-order valence-electron chi connectivity index (χ4n) is 3.69. The molecule has 0 saturated carbocycles. The van der Waals surface area contributed by atoms with E-state index in [9.17, 15) is 0 Å². The maximum absolute atomic E-state index is 2.36. The van der Waals surface area contributed by atoms with Gasteiger partial charge in [0.2, 0.25) is 0 Å². The molecule has 0 heteroatoms. The Kier molecular flexibility index (Phi) is 2.77. The second-order valence-electron chi connectivity index (χ2n) is 6.46. The molecule has 0 spiro atoms. The second kappa shape index (κ2) is 4.58. The number of aryl methyl sites for hydroxylation is 3. The Labute approximate surface area is 131 Å². The number of benzene rings is 4. The molecule has 0 atom stereocenters.